The number of phenolic OH excluding ortho intramolecular Hbond substituents is 1. The molecule has 0 bridgehead atoms. The second-order valence-corrected chi connectivity index (χ2v) is 4.94. The number of hydrogen-bond acceptors (Lipinski definition) is 2. The van der Waals surface area contributed by atoms with Gasteiger partial charge < -0.3 is 10.4 Å². The molecule has 1 aromatic carbocycles. The van der Waals surface area contributed by atoms with E-state index in [-0.39, 0.29) is 15.8 Å². The van der Waals surface area contributed by atoms with Crippen LogP contribution in [0.3, 0.4) is 0 Å². The van der Waals surface area contributed by atoms with E-state index >= 15 is 0 Å². The Morgan fingerprint density at radius 3 is 2.24 bits per heavy atom. The molecule has 0 radical (unpaired) electrons. The minimum absolute atomic E-state index is 0.0539. The van der Waals surface area contributed by atoms with E-state index in [1.807, 2.05) is 0 Å². The van der Waals surface area contributed by atoms with E-state index in [1.165, 1.54) is 25.7 Å². The molecule has 0 amide bonds. The number of hydrogen-bond donors (Lipinski definition) is 2. The van der Waals surface area contributed by atoms with Crippen LogP contribution in [0, 0.1) is 0 Å². The Labute approximate surface area is 113 Å². The lowest BCUT2D eigenvalue weighted by molar-refractivity contribution is 0.476. The average molecular weight is 276 g/mol. The zero-order valence-corrected chi connectivity index (χ0v) is 11.6. The van der Waals surface area contributed by atoms with Gasteiger partial charge in [-0.05, 0) is 18.6 Å². The summed E-state index contributed by atoms with van der Waals surface area (Å²) in [5.41, 5.74) is 0.855. The van der Waals surface area contributed by atoms with Crippen molar-refractivity contribution < 1.29 is 5.11 Å². The van der Waals surface area contributed by atoms with Crippen LogP contribution in [0.15, 0.2) is 12.1 Å². The molecule has 0 unspecified atom stereocenters. The first-order valence-electron chi connectivity index (χ1n) is 6.07. The topological polar surface area (TPSA) is 32.3 Å². The van der Waals surface area contributed by atoms with Crippen molar-refractivity contribution in [3.8, 4) is 5.75 Å². The predicted octanol–water partition coefficient (Wildman–Crippen LogP) is 5.08. The monoisotopic (exact) mass is 275 g/mol. The van der Waals surface area contributed by atoms with Gasteiger partial charge in [0.15, 0.2) is 5.75 Å². The van der Waals surface area contributed by atoms with Crippen LogP contribution in [-0.4, -0.2) is 11.7 Å². The van der Waals surface area contributed by atoms with Gasteiger partial charge in [0.25, 0.3) is 0 Å². The average Bonchev–Trinajstić information content (AvgIpc) is 2.30. The van der Waals surface area contributed by atoms with Crippen molar-refractivity contribution in [2.45, 2.75) is 39.0 Å². The molecule has 0 spiro atoms. The normalized spacial score (nSPS) is 10.5. The summed E-state index contributed by atoms with van der Waals surface area (Å²) in [7, 11) is 0. The summed E-state index contributed by atoms with van der Waals surface area (Å²) in [6, 6.07) is 3.38. The van der Waals surface area contributed by atoms with E-state index in [1.54, 1.807) is 12.1 Å². The minimum atomic E-state index is -0.0539. The van der Waals surface area contributed by atoms with Crippen LogP contribution in [0.2, 0.25) is 10.0 Å². The Balaban J connectivity index is 2.32. The Morgan fingerprint density at radius 2 is 1.65 bits per heavy atom. The summed E-state index contributed by atoms with van der Waals surface area (Å²) in [5, 5.41) is 13.2. The third-order valence-electron chi connectivity index (χ3n) is 2.63. The molecular weight excluding hydrogens is 257 g/mol. The molecule has 17 heavy (non-hydrogen) atoms. The second kappa shape index (κ2) is 7.67. The zero-order valence-electron chi connectivity index (χ0n) is 10.1. The summed E-state index contributed by atoms with van der Waals surface area (Å²) < 4.78 is 0. The summed E-state index contributed by atoms with van der Waals surface area (Å²) >= 11 is 11.7. The van der Waals surface area contributed by atoms with Crippen molar-refractivity contribution in [1.29, 1.82) is 0 Å². The highest BCUT2D eigenvalue weighted by Gasteiger charge is 2.05. The van der Waals surface area contributed by atoms with Crippen LogP contribution >= 0.6 is 23.2 Å². The fraction of sp³-hybridized carbons (Fsp3) is 0.538. The largest absolute Gasteiger partial charge is 0.505 e. The number of phenols is 1. The highest BCUT2D eigenvalue weighted by atomic mass is 35.5. The van der Waals surface area contributed by atoms with Gasteiger partial charge in [-0.2, -0.15) is 0 Å². The van der Waals surface area contributed by atoms with Gasteiger partial charge in [0.2, 0.25) is 0 Å². The number of aromatic hydroxyl groups is 1. The van der Waals surface area contributed by atoms with Gasteiger partial charge in [0, 0.05) is 12.2 Å². The van der Waals surface area contributed by atoms with Gasteiger partial charge in [-0.25, -0.2) is 0 Å². The molecule has 0 fully saturated rings. The quantitative estimate of drug-likeness (QED) is 0.537. The van der Waals surface area contributed by atoms with Gasteiger partial charge >= 0.3 is 0 Å². The Kier molecular flexibility index (Phi) is 6.53. The van der Waals surface area contributed by atoms with Crippen LogP contribution < -0.4 is 5.32 Å². The molecule has 4 heteroatoms. The van der Waals surface area contributed by atoms with Crippen LogP contribution in [0.25, 0.3) is 0 Å². The van der Waals surface area contributed by atoms with Gasteiger partial charge in [0.1, 0.15) is 0 Å². The second-order valence-electron chi connectivity index (χ2n) is 4.13. The van der Waals surface area contributed by atoms with Crippen molar-refractivity contribution in [1.82, 2.24) is 0 Å². The van der Waals surface area contributed by atoms with Crippen molar-refractivity contribution in [2.75, 3.05) is 11.9 Å². The highest BCUT2D eigenvalue weighted by molar-refractivity contribution is 6.37. The Morgan fingerprint density at radius 1 is 1.06 bits per heavy atom. The zero-order chi connectivity index (χ0) is 12.7. The van der Waals surface area contributed by atoms with E-state index in [4.69, 9.17) is 23.2 Å². The van der Waals surface area contributed by atoms with E-state index < -0.39 is 0 Å². The van der Waals surface area contributed by atoms with E-state index in [0.29, 0.717) is 0 Å². The molecule has 0 aliphatic rings. The number of anilines is 1. The molecule has 0 aromatic heterocycles. The fourth-order valence-electron chi connectivity index (χ4n) is 1.63. The summed E-state index contributed by atoms with van der Waals surface area (Å²) in [6.07, 6.45) is 6.22. The van der Waals surface area contributed by atoms with E-state index in [9.17, 15) is 5.11 Å². The van der Waals surface area contributed by atoms with Crippen LogP contribution in [-0.2, 0) is 0 Å². The van der Waals surface area contributed by atoms with Gasteiger partial charge in [-0.15, -0.1) is 0 Å². The first kappa shape index (κ1) is 14.5. The number of unbranched alkanes of at least 4 members (excludes halogenated alkanes) is 4. The fourth-order valence-corrected chi connectivity index (χ4v) is 2.12. The number of benzene rings is 1. The number of rotatable bonds is 7. The molecule has 1 aromatic rings. The molecule has 0 aliphatic heterocycles. The molecule has 2 N–H and O–H groups in total. The first-order chi connectivity index (χ1) is 8.15. The summed E-state index contributed by atoms with van der Waals surface area (Å²) in [4.78, 5) is 0. The number of halogens is 2. The van der Waals surface area contributed by atoms with Crippen molar-refractivity contribution in [3.63, 3.8) is 0 Å². The van der Waals surface area contributed by atoms with Gasteiger partial charge in [0.05, 0.1) is 10.0 Å². The maximum Gasteiger partial charge on any atom is 0.152 e. The predicted molar refractivity (Wildman–Crippen MR) is 75.4 cm³/mol. The Hall–Kier alpha value is -0.600. The molecule has 96 valence electrons. The lowest BCUT2D eigenvalue weighted by atomic mass is 10.1. The van der Waals surface area contributed by atoms with Crippen LogP contribution in [0.5, 0.6) is 5.75 Å². The minimum Gasteiger partial charge on any atom is -0.505 e. The first-order valence-corrected chi connectivity index (χ1v) is 6.82. The Bertz CT molecular complexity index is 332. The lowest BCUT2D eigenvalue weighted by Crippen LogP contribution is -2.01. The molecule has 0 atom stereocenters. The maximum atomic E-state index is 9.41. The standard InChI is InChI=1S/C13H19Cl2NO/c1-2-3-4-5-6-7-16-10-8-11(14)13(17)12(15)9-10/h8-9,16-17H,2-7H2,1H3. The summed E-state index contributed by atoms with van der Waals surface area (Å²) in [5.74, 6) is -0.0539. The molecule has 2 nitrogen and oxygen atoms in total. The van der Waals surface area contributed by atoms with Gasteiger partial charge in [-0.3, -0.25) is 0 Å². The van der Waals surface area contributed by atoms with E-state index in [0.717, 1.165) is 18.7 Å². The molecule has 0 saturated carbocycles. The SMILES string of the molecule is CCCCCCCNc1cc(Cl)c(O)c(Cl)c1. The molecule has 0 heterocycles. The third kappa shape index (κ3) is 5.05. The van der Waals surface area contributed by atoms with Crippen molar-refractivity contribution in [3.05, 3.63) is 22.2 Å². The van der Waals surface area contributed by atoms with Gasteiger partial charge in [-0.1, -0.05) is 55.8 Å². The van der Waals surface area contributed by atoms with Crippen molar-refractivity contribution in [2.24, 2.45) is 0 Å². The summed E-state index contributed by atoms with van der Waals surface area (Å²) in [6.45, 7) is 3.11. The molecule has 0 saturated heterocycles. The molecular formula is C13H19Cl2NO. The van der Waals surface area contributed by atoms with Crippen LogP contribution in [0.4, 0.5) is 5.69 Å². The van der Waals surface area contributed by atoms with Crippen molar-refractivity contribution >= 4 is 28.9 Å². The van der Waals surface area contributed by atoms with Crippen LogP contribution in [0.1, 0.15) is 39.0 Å². The third-order valence-corrected chi connectivity index (χ3v) is 3.20. The molecule has 0 aliphatic carbocycles. The maximum absolute atomic E-state index is 9.41. The highest BCUT2D eigenvalue weighted by Crippen LogP contribution is 2.34. The molecule has 1 rings (SSSR count). The van der Waals surface area contributed by atoms with E-state index in [2.05, 4.69) is 12.2 Å². The lowest BCUT2D eigenvalue weighted by Gasteiger charge is -2.08. The number of nitrogens with one attached hydrogen (secondary N) is 1. The smallest absolute Gasteiger partial charge is 0.152 e.